The highest BCUT2D eigenvalue weighted by atomic mass is 32.2. The Morgan fingerprint density at radius 1 is 1.44 bits per heavy atom. The Morgan fingerprint density at radius 2 is 2.06 bits per heavy atom. The smallest absolute Gasteiger partial charge is 0.371 e. The first-order valence-corrected chi connectivity index (χ1v) is 6.96. The van der Waals surface area contributed by atoms with Gasteiger partial charge in [0, 0.05) is 6.26 Å². The van der Waals surface area contributed by atoms with Crippen molar-refractivity contribution >= 4 is 21.7 Å². The van der Waals surface area contributed by atoms with Crippen molar-refractivity contribution in [2.75, 3.05) is 6.26 Å². The van der Waals surface area contributed by atoms with Crippen LogP contribution in [0, 0.1) is 0 Å². The van der Waals surface area contributed by atoms with Crippen molar-refractivity contribution in [2.45, 2.75) is 18.7 Å². The van der Waals surface area contributed by atoms with E-state index in [1.165, 1.54) is 19.1 Å². The molecule has 0 aliphatic heterocycles. The predicted octanol–water partition coefficient (Wildman–Crippen LogP) is 0.0271. The van der Waals surface area contributed by atoms with Crippen molar-refractivity contribution in [3.05, 3.63) is 23.7 Å². The van der Waals surface area contributed by atoms with Crippen LogP contribution >= 0.6 is 0 Å². The minimum atomic E-state index is -3.45. The third-order valence-corrected chi connectivity index (χ3v) is 3.82. The van der Waals surface area contributed by atoms with E-state index >= 15 is 0 Å². The van der Waals surface area contributed by atoms with Gasteiger partial charge in [-0.05, 0) is 19.1 Å². The molecule has 7 nitrogen and oxygen atoms in total. The van der Waals surface area contributed by atoms with Gasteiger partial charge in [-0.1, -0.05) is 0 Å². The Morgan fingerprint density at radius 3 is 2.50 bits per heavy atom. The van der Waals surface area contributed by atoms with Gasteiger partial charge >= 0.3 is 5.97 Å². The van der Waals surface area contributed by atoms with E-state index in [1.54, 1.807) is 0 Å². The lowest BCUT2D eigenvalue weighted by Gasteiger charge is -2.08. The number of hydrogen-bond acceptors (Lipinski definition) is 5. The Kier molecular flexibility index (Phi) is 4.12. The SMILES string of the molecule is CC(C(=O)NCc1ccc(C(=O)O)o1)S(C)(=O)=O. The maximum Gasteiger partial charge on any atom is 0.371 e. The van der Waals surface area contributed by atoms with E-state index in [4.69, 9.17) is 9.52 Å². The Bertz CT molecular complexity index is 559. The summed E-state index contributed by atoms with van der Waals surface area (Å²) in [6.45, 7) is 1.21. The molecule has 1 aromatic heterocycles. The number of amides is 1. The molecule has 0 aliphatic rings. The van der Waals surface area contributed by atoms with Crippen LogP contribution < -0.4 is 5.32 Å². The number of nitrogens with one attached hydrogen (secondary N) is 1. The zero-order valence-electron chi connectivity index (χ0n) is 9.84. The molecule has 0 spiro atoms. The largest absolute Gasteiger partial charge is 0.475 e. The lowest BCUT2D eigenvalue weighted by atomic mass is 10.4. The number of rotatable bonds is 5. The summed E-state index contributed by atoms with van der Waals surface area (Å²) in [7, 11) is -3.45. The number of carbonyl (C=O) groups excluding carboxylic acids is 1. The molecule has 0 aliphatic carbocycles. The zero-order chi connectivity index (χ0) is 13.9. The summed E-state index contributed by atoms with van der Waals surface area (Å²) < 4.78 is 27.1. The highest BCUT2D eigenvalue weighted by Crippen LogP contribution is 2.07. The Balaban J connectivity index is 2.60. The van der Waals surface area contributed by atoms with Gasteiger partial charge in [-0.25, -0.2) is 13.2 Å². The molecule has 0 fully saturated rings. The zero-order valence-corrected chi connectivity index (χ0v) is 10.7. The fraction of sp³-hybridized carbons (Fsp3) is 0.400. The molecule has 0 saturated heterocycles. The minimum Gasteiger partial charge on any atom is -0.475 e. The molecular formula is C10H13NO6S. The first kappa shape index (κ1) is 14.2. The molecule has 0 aromatic carbocycles. The number of carbonyl (C=O) groups is 2. The number of furan rings is 1. The van der Waals surface area contributed by atoms with E-state index in [0.717, 1.165) is 6.26 Å². The van der Waals surface area contributed by atoms with Crippen LogP contribution in [-0.2, 0) is 21.2 Å². The first-order valence-electron chi connectivity index (χ1n) is 5.00. The number of carboxylic acids is 1. The van der Waals surface area contributed by atoms with Gasteiger partial charge in [0.05, 0.1) is 6.54 Å². The first-order chi connectivity index (χ1) is 8.21. The topological polar surface area (TPSA) is 114 Å². The van der Waals surface area contributed by atoms with Crippen LogP contribution in [-0.4, -0.2) is 36.9 Å². The second-order valence-corrected chi connectivity index (χ2v) is 6.13. The summed E-state index contributed by atoms with van der Waals surface area (Å²) >= 11 is 0. The average molecular weight is 275 g/mol. The van der Waals surface area contributed by atoms with E-state index in [0.29, 0.717) is 0 Å². The van der Waals surface area contributed by atoms with Crippen molar-refractivity contribution in [1.82, 2.24) is 5.32 Å². The molecule has 0 saturated carbocycles. The second-order valence-electron chi connectivity index (χ2n) is 3.76. The van der Waals surface area contributed by atoms with Gasteiger partial charge in [-0.2, -0.15) is 0 Å². The van der Waals surface area contributed by atoms with Crippen LogP contribution in [0.4, 0.5) is 0 Å². The van der Waals surface area contributed by atoms with Crippen molar-refractivity contribution in [3.63, 3.8) is 0 Å². The summed E-state index contributed by atoms with van der Waals surface area (Å²) in [5.41, 5.74) is 0. The molecule has 1 aromatic rings. The Hall–Kier alpha value is -1.83. The second kappa shape index (κ2) is 5.21. The normalized spacial score (nSPS) is 13.0. The molecule has 0 bridgehead atoms. The maximum absolute atomic E-state index is 11.5. The summed E-state index contributed by atoms with van der Waals surface area (Å²) in [6, 6.07) is 2.65. The number of hydrogen-bond donors (Lipinski definition) is 2. The molecule has 100 valence electrons. The summed E-state index contributed by atoms with van der Waals surface area (Å²) in [4.78, 5) is 22.0. The van der Waals surface area contributed by atoms with E-state index in [1.807, 2.05) is 0 Å². The average Bonchev–Trinajstić information content (AvgIpc) is 2.72. The van der Waals surface area contributed by atoms with Crippen LogP contribution in [0.1, 0.15) is 23.2 Å². The fourth-order valence-electron chi connectivity index (χ4n) is 1.10. The number of aromatic carboxylic acids is 1. The summed E-state index contributed by atoms with van der Waals surface area (Å²) in [5, 5.41) is 9.80. The highest BCUT2D eigenvalue weighted by Gasteiger charge is 2.23. The molecule has 0 radical (unpaired) electrons. The maximum atomic E-state index is 11.5. The van der Waals surface area contributed by atoms with Crippen LogP contribution in [0.2, 0.25) is 0 Å². The van der Waals surface area contributed by atoms with E-state index in [-0.39, 0.29) is 18.1 Å². The van der Waals surface area contributed by atoms with Crippen LogP contribution in [0.5, 0.6) is 0 Å². The molecule has 1 rings (SSSR count). The number of carboxylic acid groups (broad SMARTS) is 1. The molecule has 1 atom stereocenters. The van der Waals surface area contributed by atoms with E-state index < -0.39 is 27.0 Å². The van der Waals surface area contributed by atoms with Gasteiger partial charge in [0.15, 0.2) is 9.84 Å². The quantitative estimate of drug-likeness (QED) is 0.783. The monoisotopic (exact) mass is 275 g/mol. The molecule has 1 heterocycles. The van der Waals surface area contributed by atoms with Crippen LogP contribution in [0.15, 0.2) is 16.5 Å². The van der Waals surface area contributed by atoms with Gasteiger partial charge in [0.25, 0.3) is 0 Å². The highest BCUT2D eigenvalue weighted by molar-refractivity contribution is 7.92. The lowest BCUT2D eigenvalue weighted by molar-refractivity contribution is -0.120. The molecule has 1 unspecified atom stereocenters. The molecule has 1 amide bonds. The molecule has 2 N–H and O–H groups in total. The molecule has 8 heteroatoms. The van der Waals surface area contributed by atoms with Crippen LogP contribution in [0.3, 0.4) is 0 Å². The third-order valence-electron chi connectivity index (χ3n) is 2.32. The van der Waals surface area contributed by atoms with Crippen molar-refractivity contribution in [3.8, 4) is 0 Å². The molecular weight excluding hydrogens is 262 g/mol. The van der Waals surface area contributed by atoms with Gasteiger partial charge in [0.1, 0.15) is 11.0 Å². The third kappa shape index (κ3) is 3.59. The minimum absolute atomic E-state index is 0.0635. The summed E-state index contributed by atoms with van der Waals surface area (Å²) in [5.74, 6) is -1.88. The van der Waals surface area contributed by atoms with E-state index in [2.05, 4.69) is 5.32 Å². The van der Waals surface area contributed by atoms with Gasteiger partial charge in [-0.15, -0.1) is 0 Å². The summed E-state index contributed by atoms with van der Waals surface area (Å²) in [6.07, 6.45) is 0.965. The van der Waals surface area contributed by atoms with Crippen molar-refractivity contribution < 1.29 is 27.5 Å². The van der Waals surface area contributed by atoms with Crippen LogP contribution in [0.25, 0.3) is 0 Å². The van der Waals surface area contributed by atoms with Gasteiger partial charge < -0.3 is 14.8 Å². The fourth-order valence-corrected chi connectivity index (χ4v) is 1.57. The van der Waals surface area contributed by atoms with E-state index in [9.17, 15) is 18.0 Å². The Labute approximate surface area is 104 Å². The lowest BCUT2D eigenvalue weighted by Crippen LogP contribution is -2.36. The number of sulfone groups is 1. The van der Waals surface area contributed by atoms with Gasteiger partial charge in [-0.3, -0.25) is 4.79 Å². The van der Waals surface area contributed by atoms with Crippen molar-refractivity contribution in [1.29, 1.82) is 0 Å². The molecule has 18 heavy (non-hydrogen) atoms. The van der Waals surface area contributed by atoms with Crippen molar-refractivity contribution in [2.24, 2.45) is 0 Å². The van der Waals surface area contributed by atoms with Gasteiger partial charge in [0.2, 0.25) is 11.7 Å². The predicted molar refractivity (Wildman–Crippen MR) is 61.8 cm³/mol. The standard InChI is InChI=1S/C10H13NO6S/c1-6(18(2,15)16)9(12)11-5-7-3-4-8(17-7)10(13)14/h3-4,6H,5H2,1-2H3,(H,11,12)(H,13,14).